The summed E-state index contributed by atoms with van der Waals surface area (Å²) < 4.78 is 1.61. The quantitative estimate of drug-likeness (QED) is 0.306. The number of nitrogens with one attached hydrogen (secondary N) is 1. The minimum atomic E-state index is -0.518. The number of amides is 1. The summed E-state index contributed by atoms with van der Waals surface area (Å²) in [5.74, 6) is -0.0992. The van der Waals surface area contributed by atoms with Gasteiger partial charge in [0.1, 0.15) is 0 Å². The molecule has 1 aromatic heterocycles. The molecule has 8 heteroatoms. The predicted octanol–water partition coefficient (Wildman–Crippen LogP) is 5.03. The normalized spacial score (nSPS) is 12.2. The second-order valence-electron chi connectivity index (χ2n) is 7.75. The van der Waals surface area contributed by atoms with Gasteiger partial charge in [0.15, 0.2) is 10.9 Å². The van der Waals surface area contributed by atoms with Crippen LogP contribution >= 0.6 is 23.4 Å². The number of aromatic nitrogens is 2. The summed E-state index contributed by atoms with van der Waals surface area (Å²) in [7, 11) is 0. The molecule has 0 saturated carbocycles. The average Bonchev–Trinajstić information content (AvgIpc) is 2.71. The highest BCUT2D eigenvalue weighted by Gasteiger charge is 2.20. The van der Waals surface area contributed by atoms with Gasteiger partial charge in [-0.3, -0.25) is 19.0 Å². The van der Waals surface area contributed by atoms with Crippen LogP contribution in [0.3, 0.4) is 0 Å². The Morgan fingerprint density at radius 1 is 1.16 bits per heavy atom. The number of nitrogens with zero attached hydrogens (tertiary/aromatic N) is 2. The molecule has 3 aromatic rings. The number of hydrogen-bond acceptors (Lipinski definition) is 5. The number of Topliss-reactive ketones (excluding diaryl/α,β-unsaturated/α-hetero) is 1. The van der Waals surface area contributed by atoms with Crippen molar-refractivity contribution in [2.45, 2.75) is 44.6 Å². The van der Waals surface area contributed by atoms with Crippen LogP contribution in [0.25, 0.3) is 10.9 Å². The van der Waals surface area contributed by atoms with Gasteiger partial charge in [-0.2, -0.15) is 0 Å². The Bertz CT molecular complexity index is 1210. The molecule has 1 amide bonds. The van der Waals surface area contributed by atoms with Crippen LogP contribution in [-0.4, -0.2) is 26.5 Å². The van der Waals surface area contributed by atoms with E-state index in [4.69, 9.17) is 11.6 Å². The Hall–Kier alpha value is -2.64. The van der Waals surface area contributed by atoms with Crippen molar-refractivity contribution in [2.75, 3.05) is 5.32 Å². The van der Waals surface area contributed by atoms with Gasteiger partial charge in [-0.05, 0) is 50.1 Å². The summed E-state index contributed by atoms with van der Waals surface area (Å²) >= 11 is 7.29. The molecule has 0 bridgehead atoms. The van der Waals surface area contributed by atoms with E-state index in [0.29, 0.717) is 38.9 Å². The van der Waals surface area contributed by atoms with Crippen LogP contribution in [0.15, 0.2) is 52.4 Å². The molecule has 2 aromatic carbocycles. The number of carbonyl (C=O) groups is 2. The largest absolute Gasteiger partial charge is 0.325 e. The zero-order chi connectivity index (χ0) is 22.7. The van der Waals surface area contributed by atoms with E-state index >= 15 is 0 Å². The lowest BCUT2D eigenvalue weighted by Crippen LogP contribution is -2.28. The molecule has 0 spiro atoms. The van der Waals surface area contributed by atoms with Crippen LogP contribution in [-0.2, 0) is 11.3 Å². The van der Waals surface area contributed by atoms with E-state index in [9.17, 15) is 14.4 Å². The molecule has 1 atom stereocenters. The van der Waals surface area contributed by atoms with Gasteiger partial charge in [0.25, 0.3) is 5.56 Å². The van der Waals surface area contributed by atoms with E-state index in [-0.39, 0.29) is 23.2 Å². The topological polar surface area (TPSA) is 81.1 Å². The van der Waals surface area contributed by atoms with Gasteiger partial charge in [0, 0.05) is 22.8 Å². The lowest BCUT2D eigenvalue weighted by molar-refractivity contribution is -0.115. The van der Waals surface area contributed by atoms with E-state index < -0.39 is 5.25 Å². The molecular formula is C23H24ClN3O3S. The maximum atomic E-state index is 13.1. The smallest absolute Gasteiger partial charge is 0.262 e. The highest BCUT2D eigenvalue weighted by molar-refractivity contribution is 8.00. The average molecular weight is 458 g/mol. The first-order valence-electron chi connectivity index (χ1n) is 9.94. The number of halogens is 1. The second kappa shape index (κ2) is 9.66. The van der Waals surface area contributed by atoms with Crippen LogP contribution < -0.4 is 10.9 Å². The van der Waals surface area contributed by atoms with E-state index in [2.05, 4.69) is 10.3 Å². The fourth-order valence-corrected chi connectivity index (χ4v) is 4.15. The summed E-state index contributed by atoms with van der Waals surface area (Å²) in [5.41, 5.74) is 1.44. The van der Waals surface area contributed by atoms with Gasteiger partial charge >= 0.3 is 0 Å². The van der Waals surface area contributed by atoms with Gasteiger partial charge < -0.3 is 5.32 Å². The van der Waals surface area contributed by atoms with Crippen LogP contribution in [0.2, 0.25) is 5.02 Å². The molecule has 0 saturated heterocycles. The number of hydrogen-bond donors (Lipinski definition) is 1. The van der Waals surface area contributed by atoms with Gasteiger partial charge in [-0.1, -0.05) is 49.3 Å². The van der Waals surface area contributed by atoms with Gasteiger partial charge in [-0.25, -0.2) is 4.98 Å². The third-order valence-corrected chi connectivity index (χ3v) is 5.94. The first-order valence-corrected chi connectivity index (χ1v) is 11.2. The zero-order valence-electron chi connectivity index (χ0n) is 17.8. The van der Waals surface area contributed by atoms with Crippen molar-refractivity contribution in [1.82, 2.24) is 9.55 Å². The molecule has 6 nitrogen and oxygen atoms in total. The van der Waals surface area contributed by atoms with E-state index in [0.717, 1.165) is 0 Å². The lowest BCUT2D eigenvalue weighted by Gasteiger charge is -2.18. The molecule has 1 heterocycles. The highest BCUT2D eigenvalue weighted by atomic mass is 35.5. The Balaban J connectivity index is 1.89. The molecule has 0 fully saturated rings. The summed E-state index contributed by atoms with van der Waals surface area (Å²) in [6.45, 7) is 7.74. The minimum Gasteiger partial charge on any atom is -0.325 e. The Kier molecular flexibility index (Phi) is 7.18. The first-order chi connectivity index (χ1) is 14.7. The van der Waals surface area contributed by atoms with Crippen molar-refractivity contribution in [1.29, 1.82) is 0 Å². The molecule has 1 N–H and O–H groups in total. The molecule has 0 aliphatic carbocycles. The van der Waals surface area contributed by atoms with E-state index in [1.54, 1.807) is 54.0 Å². The second-order valence-corrected chi connectivity index (χ2v) is 9.50. The lowest BCUT2D eigenvalue weighted by atomic mass is 10.1. The molecule has 0 radical (unpaired) electrons. The Morgan fingerprint density at radius 3 is 2.58 bits per heavy atom. The maximum absolute atomic E-state index is 13.1. The van der Waals surface area contributed by atoms with Crippen molar-refractivity contribution < 1.29 is 9.59 Å². The summed E-state index contributed by atoms with van der Waals surface area (Å²) in [6, 6.07) is 11.8. The highest BCUT2D eigenvalue weighted by Crippen LogP contribution is 2.25. The molecule has 162 valence electrons. The molecule has 0 aliphatic rings. The van der Waals surface area contributed by atoms with Gasteiger partial charge in [-0.15, -0.1) is 0 Å². The summed E-state index contributed by atoms with van der Waals surface area (Å²) in [4.78, 5) is 42.1. The number of ketones is 1. The van der Waals surface area contributed by atoms with Crippen molar-refractivity contribution in [3.63, 3.8) is 0 Å². The summed E-state index contributed by atoms with van der Waals surface area (Å²) in [5, 5.41) is 3.72. The number of anilines is 1. The van der Waals surface area contributed by atoms with E-state index in [1.165, 1.54) is 18.7 Å². The Labute approximate surface area is 190 Å². The number of carbonyl (C=O) groups excluding carboxylic acids is 2. The van der Waals surface area contributed by atoms with E-state index in [1.807, 2.05) is 13.8 Å². The third-order valence-electron chi connectivity index (χ3n) is 4.62. The van der Waals surface area contributed by atoms with Gasteiger partial charge in [0.05, 0.1) is 16.2 Å². The van der Waals surface area contributed by atoms with Crippen molar-refractivity contribution >= 4 is 51.6 Å². The van der Waals surface area contributed by atoms with Crippen LogP contribution in [0.4, 0.5) is 5.69 Å². The first kappa shape index (κ1) is 23.0. The fraction of sp³-hybridized carbons (Fsp3) is 0.304. The SMILES string of the molecule is CC(=O)c1cccc(NC(=O)[C@H](C)Sc2nc3ccc(Cl)cc3c(=O)n2CC(C)C)c1. The molecule has 31 heavy (non-hydrogen) atoms. The number of benzene rings is 2. The Morgan fingerprint density at radius 2 is 1.90 bits per heavy atom. The number of thioether (sulfide) groups is 1. The van der Waals surface area contributed by atoms with Crippen LogP contribution in [0.1, 0.15) is 38.1 Å². The third kappa shape index (κ3) is 5.54. The summed E-state index contributed by atoms with van der Waals surface area (Å²) in [6.07, 6.45) is 0. The standard InChI is InChI=1S/C23H24ClN3O3S/c1-13(2)12-27-22(30)19-11-17(24)8-9-20(19)26-23(27)31-15(4)21(29)25-18-7-5-6-16(10-18)14(3)28/h5-11,13,15H,12H2,1-4H3,(H,25,29)/t15-/m0/s1. The molecule has 0 aliphatic heterocycles. The molecule has 3 rings (SSSR count). The molecule has 0 unspecified atom stereocenters. The van der Waals surface area contributed by atoms with Crippen LogP contribution in [0.5, 0.6) is 0 Å². The monoisotopic (exact) mass is 457 g/mol. The zero-order valence-corrected chi connectivity index (χ0v) is 19.4. The van der Waals surface area contributed by atoms with Crippen molar-refractivity contribution in [3.8, 4) is 0 Å². The minimum absolute atomic E-state index is 0.0725. The van der Waals surface area contributed by atoms with Gasteiger partial charge in [0.2, 0.25) is 5.91 Å². The fourth-order valence-electron chi connectivity index (χ4n) is 3.06. The maximum Gasteiger partial charge on any atom is 0.262 e. The predicted molar refractivity (Wildman–Crippen MR) is 126 cm³/mol. The van der Waals surface area contributed by atoms with Crippen molar-refractivity contribution in [2.24, 2.45) is 5.92 Å². The molecular weight excluding hydrogens is 434 g/mol. The number of rotatable bonds is 7. The van der Waals surface area contributed by atoms with Crippen LogP contribution in [0, 0.1) is 5.92 Å². The number of fused-ring (bicyclic) bond motifs is 1. The van der Waals surface area contributed by atoms with Crippen molar-refractivity contribution in [3.05, 3.63) is 63.4 Å².